The van der Waals surface area contributed by atoms with Crippen LogP contribution in [0.4, 0.5) is 18.9 Å². The summed E-state index contributed by atoms with van der Waals surface area (Å²) in [5, 5.41) is 4.43. The molecule has 4 rings (SSSR count). The molecular formula is C26H27F3N4O3. The van der Waals surface area contributed by atoms with Crippen molar-refractivity contribution in [3.05, 3.63) is 76.6 Å². The van der Waals surface area contributed by atoms with Crippen LogP contribution in [0.1, 0.15) is 25.5 Å². The van der Waals surface area contributed by atoms with Crippen molar-refractivity contribution in [1.82, 2.24) is 14.7 Å². The predicted octanol–water partition coefficient (Wildman–Crippen LogP) is 4.24. The molecule has 190 valence electrons. The number of ether oxygens (including phenoxy) is 1. The number of hydrogen-bond donors (Lipinski definition) is 0. The average molecular weight is 501 g/mol. The first-order valence-electron chi connectivity index (χ1n) is 11.7. The predicted molar refractivity (Wildman–Crippen MR) is 130 cm³/mol. The molecule has 1 unspecified atom stereocenters. The van der Waals surface area contributed by atoms with E-state index in [9.17, 15) is 22.8 Å². The zero-order valence-corrected chi connectivity index (χ0v) is 20.0. The van der Waals surface area contributed by atoms with Gasteiger partial charge in [-0.25, -0.2) is 4.68 Å². The number of aromatic nitrogens is 2. The van der Waals surface area contributed by atoms with Crippen LogP contribution >= 0.6 is 0 Å². The second-order valence-electron chi connectivity index (χ2n) is 8.50. The van der Waals surface area contributed by atoms with Crippen molar-refractivity contribution >= 4 is 11.6 Å². The zero-order valence-electron chi connectivity index (χ0n) is 20.0. The molecule has 1 aliphatic rings. The first kappa shape index (κ1) is 25.3. The lowest BCUT2D eigenvalue weighted by Crippen LogP contribution is -2.51. The number of nitrogens with zero attached hydrogens (tertiary/aromatic N) is 4. The molecule has 2 heterocycles. The Hall–Kier alpha value is -3.82. The highest BCUT2D eigenvalue weighted by molar-refractivity contribution is 5.80. The Morgan fingerprint density at radius 2 is 1.72 bits per heavy atom. The third-order valence-electron chi connectivity index (χ3n) is 6.14. The molecule has 0 aliphatic carbocycles. The van der Waals surface area contributed by atoms with Gasteiger partial charge in [-0.05, 0) is 62.4 Å². The molecule has 1 atom stereocenters. The fourth-order valence-corrected chi connectivity index (χ4v) is 4.18. The Balaban J connectivity index is 1.45. The molecule has 36 heavy (non-hydrogen) atoms. The van der Waals surface area contributed by atoms with Gasteiger partial charge < -0.3 is 14.5 Å². The van der Waals surface area contributed by atoms with E-state index in [-0.39, 0.29) is 5.91 Å². The SMILES string of the molecule is CCOc1ccc(-c2ccc(=O)n(C(C)C(=O)N3CCN(c4cccc(C(F)(F)F)c4)CC3)n2)cc1. The minimum Gasteiger partial charge on any atom is -0.494 e. The monoisotopic (exact) mass is 500 g/mol. The average Bonchev–Trinajstić information content (AvgIpc) is 2.88. The van der Waals surface area contributed by atoms with Crippen LogP contribution in [0.2, 0.25) is 0 Å². The van der Waals surface area contributed by atoms with Crippen LogP contribution < -0.4 is 15.2 Å². The molecule has 0 N–H and O–H groups in total. The van der Waals surface area contributed by atoms with E-state index in [1.807, 2.05) is 36.1 Å². The van der Waals surface area contributed by atoms with Crippen LogP contribution in [-0.4, -0.2) is 53.4 Å². The molecule has 1 fully saturated rings. The molecule has 10 heteroatoms. The Morgan fingerprint density at radius 1 is 1.03 bits per heavy atom. The molecule has 7 nitrogen and oxygen atoms in total. The van der Waals surface area contributed by atoms with Crippen molar-refractivity contribution in [2.24, 2.45) is 0 Å². The molecule has 0 radical (unpaired) electrons. The Labute approximate surface area is 206 Å². The van der Waals surface area contributed by atoms with E-state index in [4.69, 9.17) is 4.74 Å². The van der Waals surface area contributed by atoms with Gasteiger partial charge in [-0.15, -0.1) is 0 Å². The maximum atomic E-state index is 13.2. The van der Waals surface area contributed by atoms with E-state index >= 15 is 0 Å². The second kappa shape index (κ2) is 10.4. The minimum atomic E-state index is -4.41. The molecule has 1 amide bonds. The van der Waals surface area contributed by atoms with Crippen molar-refractivity contribution in [2.75, 3.05) is 37.7 Å². The summed E-state index contributed by atoms with van der Waals surface area (Å²) in [6.45, 7) is 5.49. The minimum absolute atomic E-state index is 0.267. The quantitative estimate of drug-likeness (QED) is 0.507. The van der Waals surface area contributed by atoms with Crippen LogP contribution in [0.25, 0.3) is 11.3 Å². The molecule has 0 saturated carbocycles. The molecule has 2 aromatic carbocycles. The van der Waals surface area contributed by atoms with Crippen molar-refractivity contribution in [2.45, 2.75) is 26.1 Å². The summed E-state index contributed by atoms with van der Waals surface area (Å²) >= 11 is 0. The summed E-state index contributed by atoms with van der Waals surface area (Å²) < 4.78 is 45.8. The largest absolute Gasteiger partial charge is 0.494 e. The van der Waals surface area contributed by atoms with E-state index in [1.165, 1.54) is 16.8 Å². The fourth-order valence-electron chi connectivity index (χ4n) is 4.18. The summed E-state index contributed by atoms with van der Waals surface area (Å²) in [5.41, 5.74) is 0.692. The lowest BCUT2D eigenvalue weighted by Gasteiger charge is -2.37. The molecule has 1 aromatic heterocycles. The third kappa shape index (κ3) is 5.53. The topological polar surface area (TPSA) is 67.7 Å². The number of anilines is 1. The van der Waals surface area contributed by atoms with E-state index in [0.29, 0.717) is 44.2 Å². The third-order valence-corrected chi connectivity index (χ3v) is 6.14. The summed E-state index contributed by atoms with van der Waals surface area (Å²) in [5.74, 6) is 0.458. The summed E-state index contributed by atoms with van der Waals surface area (Å²) in [6, 6.07) is 14.6. The maximum absolute atomic E-state index is 13.2. The molecule has 0 bridgehead atoms. The summed E-state index contributed by atoms with van der Waals surface area (Å²) in [7, 11) is 0. The van der Waals surface area contributed by atoms with E-state index in [2.05, 4.69) is 5.10 Å². The summed E-state index contributed by atoms with van der Waals surface area (Å²) in [6.07, 6.45) is -4.41. The van der Waals surface area contributed by atoms with Gasteiger partial charge in [0.2, 0.25) is 5.91 Å². The zero-order chi connectivity index (χ0) is 25.9. The van der Waals surface area contributed by atoms with E-state index < -0.39 is 23.3 Å². The highest BCUT2D eigenvalue weighted by Crippen LogP contribution is 2.32. The van der Waals surface area contributed by atoms with Crippen molar-refractivity contribution in [1.29, 1.82) is 0 Å². The Morgan fingerprint density at radius 3 is 2.36 bits per heavy atom. The van der Waals surface area contributed by atoms with Gasteiger partial charge >= 0.3 is 6.18 Å². The van der Waals surface area contributed by atoms with Gasteiger partial charge in [0.1, 0.15) is 11.8 Å². The normalized spacial score (nSPS) is 15.0. The number of carbonyl (C=O) groups is 1. The lowest BCUT2D eigenvalue weighted by molar-refractivity contribution is -0.137. The second-order valence-corrected chi connectivity index (χ2v) is 8.50. The van der Waals surface area contributed by atoms with Gasteiger partial charge in [-0.1, -0.05) is 6.07 Å². The molecular weight excluding hydrogens is 473 g/mol. The highest BCUT2D eigenvalue weighted by atomic mass is 19.4. The first-order chi connectivity index (χ1) is 17.2. The standard InChI is InChI=1S/C26H27F3N4O3/c1-3-36-22-9-7-19(8-10-22)23-11-12-24(34)33(30-23)18(2)25(35)32-15-13-31(14-16-32)21-6-4-5-20(17-21)26(27,28)29/h4-12,17-18H,3,13-16H2,1-2H3. The van der Waals surface area contributed by atoms with E-state index in [0.717, 1.165) is 23.4 Å². The van der Waals surface area contributed by atoms with Gasteiger partial charge in [0.15, 0.2) is 0 Å². The van der Waals surface area contributed by atoms with Crippen LogP contribution in [0.5, 0.6) is 5.75 Å². The summed E-state index contributed by atoms with van der Waals surface area (Å²) in [4.78, 5) is 29.2. The van der Waals surface area contributed by atoms with Gasteiger partial charge in [-0.3, -0.25) is 9.59 Å². The fraction of sp³-hybridized carbons (Fsp3) is 0.346. The number of carbonyl (C=O) groups excluding carboxylic acids is 1. The number of benzene rings is 2. The number of rotatable bonds is 6. The lowest BCUT2D eigenvalue weighted by atomic mass is 10.1. The number of amides is 1. The van der Waals surface area contributed by atoms with Gasteiger partial charge in [-0.2, -0.15) is 18.3 Å². The number of piperazine rings is 1. The molecule has 0 spiro atoms. The number of hydrogen-bond acceptors (Lipinski definition) is 5. The Bertz CT molecular complexity index is 1270. The maximum Gasteiger partial charge on any atom is 0.416 e. The van der Waals surface area contributed by atoms with Gasteiger partial charge in [0.25, 0.3) is 5.56 Å². The van der Waals surface area contributed by atoms with Crippen molar-refractivity contribution in [3.63, 3.8) is 0 Å². The molecule has 3 aromatic rings. The molecule has 1 saturated heterocycles. The van der Waals surface area contributed by atoms with Crippen LogP contribution in [0, 0.1) is 0 Å². The van der Waals surface area contributed by atoms with Gasteiger partial charge in [0, 0.05) is 43.5 Å². The van der Waals surface area contributed by atoms with Crippen molar-refractivity contribution < 1.29 is 22.7 Å². The Kier molecular flexibility index (Phi) is 7.32. The van der Waals surface area contributed by atoms with Crippen LogP contribution in [0.15, 0.2) is 65.5 Å². The molecule has 1 aliphatic heterocycles. The first-order valence-corrected chi connectivity index (χ1v) is 11.7. The van der Waals surface area contributed by atoms with Gasteiger partial charge in [0.05, 0.1) is 17.9 Å². The van der Waals surface area contributed by atoms with Crippen LogP contribution in [-0.2, 0) is 11.0 Å². The van der Waals surface area contributed by atoms with Crippen molar-refractivity contribution in [3.8, 4) is 17.0 Å². The smallest absolute Gasteiger partial charge is 0.416 e. The number of halogens is 3. The van der Waals surface area contributed by atoms with Crippen LogP contribution in [0.3, 0.4) is 0 Å². The highest BCUT2D eigenvalue weighted by Gasteiger charge is 2.32. The van der Waals surface area contributed by atoms with E-state index in [1.54, 1.807) is 24.0 Å². The number of alkyl halides is 3.